The van der Waals surface area contributed by atoms with Crippen LogP contribution in [0.4, 0.5) is 0 Å². The maximum Gasteiger partial charge on any atom is 0.305 e. The standard InChI is InChI=1S/C23H36O3/c1-21-9-8-18-16(17(21)6-5-14(21)11-20(24)26-4)12-19(25-3)23-13-15(23)7-10-22(18,23)2/h14-19H,5-13H2,1-4H3/t14-,15+,16-,17-,18-,19+,21+,22+,23-/m0/s1. The molecule has 0 aliphatic heterocycles. The molecule has 0 radical (unpaired) electrons. The Hall–Kier alpha value is -0.570. The van der Waals surface area contributed by atoms with Crippen LogP contribution in [0.2, 0.25) is 0 Å². The van der Waals surface area contributed by atoms with Crippen molar-refractivity contribution in [1.29, 1.82) is 0 Å². The van der Waals surface area contributed by atoms with E-state index in [4.69, 9.17) is 9.47 Å². The molecule has 0 bridgehead atoms. The maximum absolute atomic E-state index is 12.0. The van der Waals surface area contributed by atoms with Gasteiger partial charge in [-0.3, -0.25) is 4.79 Å². The van der Waals surface area contributed by atoms with Crippen LogP contribution in [-0.4, -0.2) is 26.3 Å². The van der Waals surface area contributed by atoms with Crippen molar-refractivity contribution in [3.8, 4) is 0 Å². The van der Waals surface area contributed by atoms with Crippen molar-refractivity contribution in [2.45, 2.75) is 77.7 Å². The third-order valence-corrected chi connectivity index (χ3v) is 10.7. The second kappa shape index (κ2) is 5.49. The van der Waals surface area contributed by atoms with Crippen LogP contribution < -0.4 is 0 Å². The lowest BCUT2D eigenvalue weighted by molar-refractivity contribution is -0.162. The predicted octanol–water partition coefficient (Wildman–Crippen LogP) is 4.83. The highest BCUT2D eigenvalue weighted by Crippen LogP contribution is 2.82. The Balaban J connectivity index is 1.45. The second-order valence-corrected chi connectivity index (χ2v) is 10.8. The van der Waals surface area contributed by atoms with Gasteiger partial charge in [-0.1, -0.05) is 13.8 Å². The van der Waals surface area contributed by atoms with Crippen LogP contribution in [0, 0.1) is 45.8 Å². The van der Waals surface area contributed by atoms with E-state index in [-0.39, 0.29) is 5.97 Å². The summed E-state index contributed by atoms with van der Waals surface area (Å²) in [7, 11) is 3.50. The molecule has 1 spiro atoms. The lowest BCUT2D eigenvalue weighted by Crippen LogP contribution is -2.56. The summed E-state index contributed by atoms with van der Waals surface area (Å²) in [5, 5.41) is 0. The Morgan fingerprint density at radius 2 is 1.85 bits per heavy atom. The monoisotopic (exact) mass is 360 g/mol. The fraction of sp³-hybridized carbons (Fsp3) is 0.957. The van der Waals surface area contributed by atoms with E-state index in [1.807, 2.05) is 7.11 Å². The average Bonchev–Trinajstić information content (AvgIpc) is 3.17. The molecule has 5 saturated carbocycles. The summed E-state index contributed by atoms with van der Waals surface area (Å²) in [6.45, 7) is 5.13. The minimum absolute atomic E-state index is 0.0139. The molecule has 0 aromatic heterocycles. The highest BCUT2D eigenvalue weighted by molar-refractivity contribution is 5.69. The number of fused-ring (bicyclic) bond motifs is 4. The van der Waals surface area contributed by atoms with E-state index in [9.17, 15) is 4.79 Å². The van der Waals surface area contributed by atoms with Crippen molar-refractivity contribution in [1.82, 2.24) is 0 Å². The van der Waals surface area contributed by atoms with Crippen molar-refractivity contribution in [3.05, 3.63) is 0 Å². The van der Waals surface area contributed by atoms with Crippen molar-refractivity contribution < 1.29 is 14.3 Å². The molecule has 3 heteroatoms. The van der Waals surface area contributed by atoms with Crippen LogP contribution in [0.25, 0.3) is 0 Å². The quantitative estimate of drug-likeness (QED) is 0.676. The van der Waals surface area contributed by atoms with Crippen molar-refractivity contribution in [3.63, 3.8) is 0 Å². The fourth-order valence-electron chi connectivity index (χ4n) is 9.31. The van der Waals surface area contributed by atoms with Crippen molar-refractivity contribution in [2.75, 3.05) is 14.2 Å². The van der Waals surface area contributed by atoms with Gasteiger partial charge >= 0.3 is 5.97 Å². The summed E-state index contributed by atoms with van der Waals surface area (Å²) in [6, 6.07) is 0. The third kappa shape index (κ3) is 1.92. The SMILES string of the molecule is COC(=O)C[C@@H]1CC[C@H]2[C@@H]3C[C@@H](OC)[C@]45C[C@H]4CC[C@]5(C)[C@H]3CC[C@]12C. The maximum atomic E-state index is 12.0. The Morgan fingerprint density at radius 3 is 2.54 bits per heavy atom. The van der Waals surface area contributed by atoms with E-state index in [0.717, 1.165) is 23.7 Å². The van der Waals surface area contributed by atoms with E-state index in [0.29, 0.717) is 34.7 Å². The first-order chi connectivity index (χ1) is 12.4. The summed E-state index contributed by atoms with van der Waals surface area (Å²) >= 11 is 0. The minimum atomic E-state index is -0.0139. The summed E-state index contributed by atoms with van der Waals surface area (Å²) in [5.41, 5.74) is 1.35. The molecule has 9 atom stereocenters. The van der Waals surface area contributed by atoms with Gasteiger partial charge in [0.2, 0.25) is 0 Å². The number of methoxy groups -OCH3 is 2. The van der Waals surface area contributed by atoms with E-state index in [1.165, 1.54) is 58.5 Å². The number of carbonyl (C=O) groups is 1. The van der Waals surface area contributed by atoms with Gasteiger partial charge in [-0.05, 0) is 91.8 Å². The molecule has 26 heavy (non-hydrogen) atoms. The molecule has 0 aromatic carbocycles. The predicted molar refractivity (Wildman–Crippen MR) is 100 cm³/mol. The molecule has 3 nitrogen and oxygen atoms in total. The van der Waals surface area contributed by atoms with Crippen LogP contribution in [0.1, 0.15) is 71.6 Å². The largest absolute Gasteiger partial charge is 0.469 e. The Kier molecular flexibility index (Phi) is 3.70. The lowest BCUT2D eigenvalue weighted by Gasteiger charge is -2.60. The first-order valence-corrected chi connectivity index (χ1v) is 11.0. The summed E-state index contributed by atoms with van der Waals surface area (Å²) in [6.07, 6.45) is 11.9. The smallest absolute Gasteiger partial charge is 0.305 e. The van der Waals surface area contributed by atoms with Gasteiger partial charge < -0.3 is 9.47 Å². The highest BCUT2D eigenvalue weighted by Gasteiger charge is 2.77. The molecule has 0 unspecified atom stereocenters. The molecule has 5 aliphatic rings. The number of hydrogen-bond acceptors (Lipinski definition) is 3. The zero-order valence-corrected chi connectivity index (χ0v) is 17.1. The minimum Gasteiger partial charge on any atom is -0.469 e. The van der Waals surface area contributed by atoms with E-state index >= 15 is 0 Å². The average molecular weight is 361 g/mol. The molecule has 0 aromatic rings. The van der Waals surface area contributed by atoms with Crippen LogP contribution in [0.15, 0.2) is 0 Å². The molecule has 0 N–H and O–H groups in total. The fourth-order valence-corrected chi connectivity index (χ4v) is 9.31. The normalized spacial score (nSPS) is 56.9. The van der Waals surface area contributed by atoms with Crippen molar-refractivity contribution >= 4 is 5.97 Å². The van der Waals surface area contributed by atoms with Crippen LogP contribution >= 0.6 is 0 Å². The zero-order valence-electron chi connectivity index (χ0n) is 17.1. The second-order valence-electron chi connectivity index (χ2n) is 10.8. The van der Waals surface area contributed by atoms with Gasteiger partial charge in [0.15, 0.2) is 0 Å². The van der Waals surface area contributed by atoms with E-state index in [2.05, 4.69) is 13.8 Å². The van der Waals surface area contributed by atoms with Crippen LogP contribution in [0.3, 0.4) is 0 Å². The summed E-state index contributed by atoms with van der Waals surface area (Å²) in [4.78, 5) is 12.0. The number of esters is 1. The molecule has 0 amide bonds. The molecule has 0 saturated heterocycles. The van der Waals surface area contributed by atoms with Gasteiger partial charge in [-0.25, -0.2) is 0 Å². The van der Waals surface area contributed by atoms with Gasteiger partial charge in [0.1, 0.15) is 0 Å². The molecular weight excluding hydrogens is 324 g/mol. The van der Waals surface area contributed by atoms with E-state index in [1.54, 1.807) is 0 Å². The Bertz CT molecular complexity index is 617. The summed E-state index contributed by atoms with van der Waals surface area (Å²) in [5.74, 6) is 3.92. The molecule has 5 rings (SSSR count). The van der Waals surface area contributed by atoms with Gasteiger partial charge in [0, 0.05) is 18.9 Å². The Labute approximate surface area is 158 Å². The van der Waals surface area contributed by atoms with Crippen LogP contribution in [-0.2, 0) is 14.3 Å². The Morgan fingerprint density at radius 1 is 1.04 bits per heavy atom. The number of rotatable bonds is 3. The zero-order chi connectivity index (χ0) is 18.3. The van der Waals surface area contributed by atoms with Gasteiger partial charge in [0.05, 0.1) is 13.2 Å². The third-order valence-electron chi connectivity index (χ3n) is 10.7. The molecule has 5 aliphatic carbocycles. The molecule has 5 fully saturated rings. The van der Waals surface area contributed by atoms with Crippen molar-refractivity contribution in [2.24, 2.45) is 45.8 Å². The molecule has 0 heterocycles. The number of carbonyl (C=O) groups excluding carboxylic acids is 1. The number of hydrogen-bond donors (Lipinski definition) is 0. The van der Waals surface area contributed by atoms with Gasteiger partial charge in [0.25, 0.3) is 0 Å². The summed E-state index contributed by atoms with van der Waals surface area (Å²) < 4.78 is 11.2. The topological polar surface area (TPSA) is 35.5 Å². The molecule has 146 valence electrons. The van der Waals surface area contributed by atoms with Gasteiger partial charge in [-0.2, -0.15) is 0 Å². The van der Waals surface area contributed by atoms with E-state index < -0.39 is 0 Å². The molecular formula is C23H36O3. The lowest BCUT2D eigenvalue weighted by atomic mass is 9.45. The number of ether oxygens (including phenoxy) is 2. The van der Waals surface area contributed by atoms with Gasteiger partial charge in [-0.15, -0.1) is 0 Å². The first kappa shape index (κ1) is 17.5. The highest BCUT2D eigenvalue weighted by atomic mass is 16.5. The first-order valence-electron chi connectivity index (χ1n) is 11.0. The van der Waals surface area contributed by atoms with Crippen LogP contribution in [0.5, 0.6) is 0 Å².